The lowest BCUT2D eigenvalue weighted by Crippen LogP contribution is -2.39. The first-order valence-electron chi connectivity index (χ1n) is 9.82. The summed E-state index contributed by atoms with van der Waals surface area (Å²) in [6.45, 7) is 5.13. The molecule has 27 heavy (non-hydrogen) atoms. The Bertz CT molecular complexity index is 952. The third-order valence-corrected chi connectivity index (χ3v) is 5.86. The molecule has 1 N–H and O–H groups in total. The van der Waals surface area contributed by atoms with Gasteiger partial charge in [0.25, 0.3) is 0 Å². The van der Waals surface area contributed by atoms with Crippen LogP contribution in [-0.2, 0) is 0 Å². The number of halogens is 1. The van der Waals surface area contributed by atoms with Crippen LogP contribution in [-0.4, -0.2) is 34.1 Å². The highest BCUT2D eigenvalue weighted by atomic mass is 19.1. The summed E-state index contributed by atoms with van der Waals surface area (Å²) in [5.41, 5.74) is 3.10. The van der Waals surface area contributed by atoms with Crippen LogP contribution < -0.4 is 5.69 Å². The van der Waals surface area contributed by atoms with Crippen LogP contribution in [0.1, 0.15) is 43.7 Å². The number of benzene rings is 2. The Labute approximate surface area is 158 Å². The molecule has 1 fully saturated rings. The highest BCUT2D eigenvalue weighted by Crippen LogP contribution is 2.27. The summed E-state index contributed by atoms with van der Waals surface area (Å²) in [6, 6.07) is 15.1. The number of aromatic nitrogens is 2. The van der Waals surface area contributed by atoms with E-state index in [0.29, 0.717) is 5.92 Å². The van der Waals surface area contributed by atoms with E-state index >= 15 is 0 Å². The molecule has 0 saturated carbocycles. The molecule has 3 aromatic rings. The number of nitrogens with zero attached hydrogens (tertiary/aromatic N) is 2. The number of nitrogens with one attached hydrogen (secondary N) is 1. The number of hydrogen-bond acceptors (Lipinski definition) is 2. The van der Waals surface area contributed by atoms with Crippen molar-refractivity contribution in [3.63, 3.8) is 0 Å². The Kier molecular flexibility index (Phi) is 5.12. The maximum atomic E-state index is 13.2. The maximum Gasteiger partial charge on any atom is 0.326 e. The van der Waals surface area contributed by atoms with Crippen LogP contribution in [0.3, 0.4) is 0 Å². The van der Waals surface area contributed by atoms with Crippen LogP contribution in [0.2, 0.25) is 0 Å². The normalized spacial score (nSPS) is 17.4. The van der Waals surface area contributed by atoms with Gasteiger partial charge in [-0.15, -0.1) is 0 Å². The zero-order chi connectivity index (χ0) is 18.8. The summed E-state index contributed by atoms with van der Waals surface area (Å²) in [5, 5.41) is 0. The van der Waals surface area contributed by atoms with Gasteiger partial charge in [-0.1, -0.05) is 31.2 Å². The molecule has 0 bridgehead atoms. The van der Waals surface area contributed by atoms with Crippen molar-refractivity contribution < 1.29 is 4.39 Å². The quantitative estimate of drug-likeness (QED) is 0.730. The molecule has 0 spiro atoms. The second-order valence-corrected chi connectivity index (χ2v) is 7.51. The SMILES string of the molecule is CCC(CN1CCC(n2c(=O)[nH]c3ccccc32)CC1)c1ccc(F)cc1. The first-order chi connectivity index (χ1) is 13.2. The fraction of sp³-hybridized carbons (Fsp3) is 0.409. The van der Waals surface area contributed by atoms with E-state index in [1.54, 1.807) is 12.1 Å². The number of imidazole rings is 1. The molecule has 1 unspecified atom stereocenters. The predicted molar refractivity (Wildman–Crippen MR) is 107 cm³/mol. The van der Waals surface area contributed by atoms with Gasteiger partial charge < -0.3 is 9.88 Å². The lowest BCUT2D eigenvalue weighted by Gasteiger charge is -2.34. The number of fused-ring (bicyclic) bond motifs is 1. The third-order valence-electron chi connectivity index (χ3n) is 5.86. The minimum absolute atomic E-state index is 0.00704. The molecule has 2 aromatic carbocycles. The van der Waals surface area contributed by atoms with Gasteiger partial charge in [-0.2, -0.15) is 0 Å². The first-order valence-corrected chi connectivity index (χ1v) is 9.82. The van der Waals surface area contributed by atoms with Crippen molar-refractivity contribution in [3.05, 3.63) is 70.4 Å². The van der Waals surface area contributed by atoms with Gasteiger partial charge in [-0.25, -0.2) is 9.18 Å². The highest BCUT2D eigenvalue weighted by molar-refractivity contribution is 5.75. The molecular formula is C22H26FN3O. The van der Waals surface area contributed by atoms with E-state index in [4.69, 9.17) is 0 Å². The number of aromatic amines is 1. The van der Waals surface area contributed by atoms with Gasteiger partial charge in [0.15, 0.2) is 0 Å². The fourth-order valence-electron chi connectivity index (χ4n) is 4.31. The molecular weight excluding hydrogens is 341 g/mol. The smallest absolute Gasteiger partial charge is 0.306 e. The van der Waals surface area contributed by atoms with Gasteiger partial charge >= 0.3 is 5.69 Å². The minimum atomic E-state index is -0.182. The maximum absolute atomic E-state index is 13.2. The molecule has 142 valence electrons. The lowest BCUT2D eigenvalue weighted by molar-refractivity contribution is 0.176. The van der Waals surface area contributed by atoms with Gasteiger partial charge in [-0.3, -0.25) is 4.57 Å². The zero-order valence-corrected chi connectivity index (χ0v) is 15.7. The first kappa shape index (κ1) is 18.0. The molecule has 1 saturated heterocycles. The van der Waals surface area contributed by atoms with Gasteiger partial charge in [0, 0.05) is 25.7 Å². The van der Waals surface area contributed by atoms with Crippen molar-refractivity contribution in [2.24, 2.45) is 0 Å². The largest absolute Gasteiger partial charge is 0.326 e. The van der Waals surface area contributed by atoms with Crippen molar-refractivity contribution >= 4 is 11.0 Å². The third kappa shape index (κ3) is 3.69. The number of likely N-dealkylation sites (tertiary alicyclic amines) is 1. The van der Waals surface area contributed by atoms with Crippen LogP contribution in [0.4, 0.5) is 4.39 Å². The molecule has 0 radical (unpaired) electrons. The van der Waals surface area contributed by atoms with E-state index in [1.807, 2.05) is 41.0 Å². The van der Waals surface area contributed by atoms with Crippen molar-refractivity contribution in [2.45, 2.75) is 38.1 Å². The number of piperidine rings is 1. The second kappa shape index (κ2) is 7.69. The summed E-state index contributed by atoms with van der Waals surface area (Å²) in [4.78, 5) is 17.9. The van der Waals surface area contributed by atoms with Crippen molar-refractivity contribution in [1.29, 1.82) is 0 Å². The number of para-hydroxylation sites is 2. The summed E-state index contributed by atoms with van der Waals surface area (Å²) < 4.78 is 15.1. The summed E-state index contributed by atoms with van der Waals surface area (Å²) >= 11 is 0. The second-order valence-electron chi connectivity index (χ2n) is 7.51. The topological polar surface area (TPSA) is 41.0 Å². The minimum Gasteiger partial charge on any atom is -0.306 e. The Morgan fingerprint density at radius 1 is 1.11 bits per heavy atom. The molecule has 2 heterocycles. The molecule has 1 aliphatic rings. The molecule has 1 aliphatic heterocycles. The average molecular weight is 367 g/mol. The molecule has 5 heteroatoms. The monoisotopic (exact) mass is 367 g/mol. The molecule has 0 amide bonds. The number of hydrogen-bond donors (Lipinski definition) is 1. The van der Waals surface area contributed by atoms with E-state index < -0.39 is 0 Å². The van der Waals surface area contributed by atoms with Crippen molar-refractivity contribution in [2.75, 3.05) is 19.6 Å². The highest BCUT2D eigenvalue weighted by Gasteiger charge is 2.25. The van der Waals surface area contributed by atoms with Crippen LogP contribution in [0.25, 0.3) is 11.0 Å². The standard InChI is InChI=1S/C22H26FN3O/c1-2-16(17-7-9-18(23)10-8-17)15-25-13-11-19(12-14-25)26-21-6-4-3-5-20(21)24-22(26)27/h3-10,16,19H,2,11-15H2,1H3,(H,24,27). The van der Waals surface area contributed by atoms with Gasteiger partial charge in [0.05, 0.1) is 11.0 Å². The van der Waals surface area contributed by atoms with Crippen LogP contribution in [0.5, 0.6) is 0 Å². The van der Waals surface area contributed by atoms with Crippen molar-refractivity contribution in [3.8, 4) is 0 Å². The van der Waals surface area contributed by atoms with Crippen LogP contribution in [0, 0.1) is 5.82 Å². The van der Waals surface area contributed by atoms with E-state index in [-0.39, 0.29) is 17.5 Å². The Hall–Kier alpha value is -2.40. The summed E-state index contributed by atoms with van der Waals surface area (Å²) in [5.74, 6) is 0.233. The predicted octanol–water partition coefficient (Wildman–Crippen LogP) is 4.30. The van der Waals surface area contributed by atoms with Crippen molar-refractivity contribution in [1.82, 2.24) is 14.5 Å². The van der Waals surface area contributed by atoms with E-state index in [9.17, 15) is 9.18 Å². The van der Waals surface area contributed by atoms with Gasteiger partial charge in [0.1, 0.15) is 5.82 Å². The Morgan fingerprint density at radius 3 is 2.52 bits per heavy atom. The summed E-state index contributed by atoms with van der Waals surface area (Å²) in [7, 11) is 0. The lowest BCUT2D eigenvalue weighted by atomic mass is 9.94. The average Bonchev–Trinajstić information content (AvgIpc) is 3.03. The van der Waals surface area contributed by atoms with Gasteiger partial charge in [-0.05, 0) is 55.0 Å². The van der Waals surface area contributed by atoms with E-state index in [0.717, 1.165) is 49.9 Å². The van der Waals surface area contributed by atoms with Crippen LogP contribution >= 0.6 is 0 Å². The van der Waals surface area contributed by atoms with Crippen LogP contribution in [0.15, 0.2) is 53.3 Å². The van der Waals surface area contributed by atoms with Gasteiger partial charge in [0.2, 0.25) is 0 Å². The molecule has 1 atom stereocenters. The molecule has 0 aliphatic carbocycles. The molecule has 4 rings (SSSR count). The number of rotatable bonds is 5. The van der Waals surface area contributed by atoms with E-state index in [1.165, 1.54) is 5.56 Å². The molecule has 1 aromatic heterocycles. The van der Waals surface area contributed by atoms with E-state index in [2.05, 4.69) is 16.8 Å². The summed E-state index contributed by atoms with van der Waals surface area (Å²) in [6.07, 6.45) is 2.98. The number of H-pyrrole nitrogens is 1. The Morgan fingerprint density at radius 2 is 1.81 bits per heavy atom. The molecule has 4 nitrogen and oxygen atoms in total. The Balaban J connectivity index is 1.43. The zero-order valence-electron chi connectivity index (χ0n) is 15.7. The fourth-order valence-corrected chi connectivity index (χ4v) is 4.31.